The van der Waals surface area contributed by atoms with Gasteiger partial charge < -0.3 is 5.11 Å². The van der Waals surface area contributed by atoms with E-state index in [0.29, 0.717) is 6.42 Å². The SMILES string of the molecule is CCCCCCCCCC[C@H](O)/C=C/S(=O)(=O)c1ccccc1. The zero-order chi connectivity index (χ0) is 17.0. The molecule has 0 spiro atoms. The summed E-state index contributed by atoms with van der Waals surface area (Å²) in [6.45, 7) is 2.22. The Morgan fingerprint density at radius 2 is 1.52 bits per heavy atom. The molecule has 1 rings (SSSR count). The maximum atomic E-state index is 12.0. The number of aliphatic hydroxyl groups excluding tert-OH is 1. The summed E-state index contributed by atoms with van der Waals surface area (Å²) in [5, 5.41) is 11.0. The summed E-state index contributed by atoms with van der Waals surface area (Å²) in [7, 11) is -3.44. The second kappa shape index (κ2) is 11.4. The lowest BCUT2D eigenvalue weighted by atomic mass is 10.1. The third-order valence-corrected chi connectivity index (χ3v) is 5.35. The van der Waals surface area contributed by atoms with Gasteiger partial charge in [0.2, 0.25) is 0 Å². The van der Waals surface area contributed by atoms with Gasteiger partial charge >= 0.3 is 0 Å². The molecule has 23 heavy (non-hydrogen) atoms. The van der Waals surface area contributed by atoms with Crippen molar-refractivity contribution in [1.82, 2.24) is 0 Å². The molecule has 0 bridgehead atoms. The quantitative estimate of drug-likeness (QED) is 0.553. The zero-order valence-corrected chi connectivity index (χ0v) is 15.0. The first-order chi connectivity index (χ1) is 11.1. The van der Waals surface area contributed by atoms with Gasteiger partial charge in [0.1, 0.15) is 0 Å². The van der Waals surface area contributed by atoms with Crippen molar-refractivity contribution in [1.29, 1.82) is 0 Å². The molecular weight excluding hydrogens is 308 g/mol. The predicted molar refractivity (Wildman–Crippen MR) is 96.0 cm³/mol. The van der Waals surface area contributed by atoms with E-state index in [0.717, 1.165) is 18.2 Å². The molecule has 0 aliphatic carbocycles. The number of hydrogen-bond acceptors (Lipinski definition) is 3. The number of hydrogen-bond donors (Lipinski definition) is 1. The average molecular weight is 339 g/mol. The fourth-order valence-electron chi connectivity index (χ4n) is 2.47. The van der Waals surface area contributed by atoms with E-state index in [2.05, 4.69) is 6.92 Å². The van der Waals surface area contributed by atoms with E-state index >= 15 is 0 Å². The third-order valence-electron chi connectivity index (χ3n) is 3.91. The van der Waals surface area contributed by atoms with Gasteiger partial charge in [0, 0.05) is 5.41 Å². The summed E-state index contributed by atoms with van der Waals surface area (Å²) < 4.78 is 24.1. The highest BCUT2D eigenvalue weighted by molar-refractivity contribution is 7.94. The summed E-state index contributed by atoms with van der Waals surface area (Å²) in [6.07, 6.45) is 11.0. The van der Waals surface area contributed by atoms with Crippen molar-refractivity contribution >= 4 is 9.84 Å². The molecule has 0 aliphatic rings. The number of sulfone groups is 1. The number of benzene rings is 1. The number of aliphatic hydroxyl groups is 1. The van der Waals surface area contributed by atoms with E-state index in [9.17, 15) is 13.5 Å². The van der Waals surface area contributed by atoms with E-state index in [-0.39, 0.29) is 4.90 Å². The van der Waals surface area contributed by atoms with Crippen LogP contribution >= 0.6 is 0 Å². The fraction of sp³-hybridized carbons (Fsp3) is 0.579. The summed E-state index contributed by atoms with van der Waals surface area (Å²) in [5.41, 5.74) is 0. The lowest BCUT2D eigenvalue weighted by Crippen LogP contribution is -2.04. The van der Waals surface area contributed by atoms with Crippen LogP contribution in [0.15, 0.2) is 46.7 Å². The molecule has 1 aromatic rings. The van der Waals surface area contributed by atoms with E-state index in [1.165, 1.54) is 44.6 Å². The molecule has 3 nitrogen and oxygen atoms in total. The molecule has 0 saturated carbocycles. The zero-order valence-electron chi connectivity index (χ0n) is 14.2. The molecular formula is C19H30O3S. The highest BCUT2D eigenvalue weighted by atomic mass is 32.2. The van der Waals surface area contributed by atoms with Crippen molar-refractivity contribution in [2.45, 2.75) is 75.7 Å². The molecule has 0 heterocycles. The van der Waals surface area contributed by atoms with Gasteiger partial charge in [-0.3, -0.25) is 0 Å². The Bertz CT molecular complexity index is 535. The minimum absolute atomic E-state index is 0.260. The van der Waals surface area contributed by atoms with E-state index in [1.807, 2.05) is 0 Å². The molecule has 0 amide bonds. The van der Waals surface area contributed by atoms with Gasteiger partial charge in [0.15, 0.2) is 9.84 Å². The molecule has 1 aromatic carbocycles. The molecule has 0 unspecified atom stereocenters. The van der Waals surface area contributed by atoms with E-state index < -0.39 is 15.9 Å². The maximum absolute atomic E-state index is 12.0. The predicted octanol–water partition coefficient (Wildman–Crippen LogP) is 4.87. The summed E-state index contributed by atoms with van der Waals surface area (Å²) in [5.74, 6) is 0. The summed E-state index contributed by atoms with van der Waals surface area (Å²) >= 11 is 0. The second-order valence-corrected chi connectivity index (χ2v) is 7.85. The van der Waals surface area contributed by atoms with Gasteiger partial charge in [-0.15, -0.1) is 0 Å². The lowest BCUT2D eigenvalue weighted by molar-refractivity contribution is 0.208. The van der Waals surface area contributed by atoms with Gasteiger partial charge in [-0.2, -0.15) is 0 Å². The molecule has 1 N–H and O–H groups in total. The van der Waals surface area contributed by atoms with Crippen LogP contribution in [0.3, 0.4) is 0 Å². The van der Waals surface area contributed by atoms with Crippen molar-refractivity contribution in [3.8, 4) is 0 Å². The monoisotopic (exact) mass is 338 g/mol. The Hall–Kier alpha value is -1.13. The Kier molecular flexibility index (Phi) is 9.88. The second-order valence-electron chi connectivity index (χ2n) is 6.02. The van der Waals surface area contributed by atoms with Gasteiger partial charge in [-0.25, -0.2) is 8.42 Å². The van der Waals surface area contributed by atoms with Crippen LogP contribution in [0.2, 0.25) is 0 Å². The van der Waals surface area contributed by atoms with Crippen LogP contribution in [0.4, 0.5) is 0 Å². The Balaban J connectivity index is 2.22. The van der Waals surface area contributed by atoms with Crippen LogP contribution in [0, 0.1) is 0 Å². The van der Waals surface area contributed by atoms with Gasteiger partial charge in [-0.1, -0.05) is 76.5 Å². The summed E-state index contributed by atoms with van der Waals surface area (Å²) in [6, 6.07) is 8.28. The van der Waals surface area contributed by atoms with E-state index in [4.69, 9.17) is 0 Å². The van der Waals surface area contributed by atoms with Crippen LogP contribution in [-0.4, -0.2) is 19.6 Å². The number of rotatable bonds is 12. The first-order valence-electron chi connectivity index (χ1n) is 8.72. The standard InChI is InChI=1S/C19H30O3S/c1-2-3-4-5-6-7-8-10-13-18(20)16-17-23(21,22)19-14-11-9-12-15-19/h9,11-12,14-18,20H,2-8,10,13H2,1H3/b17-16+/t18-/m0/s1. The van der Waals surface area contributed by atoms with Gasteiger partial charge in [-0.05, 0) is 24.6 Å². The minimum atomic E-state index is -3.44. The minimum Gasteiger partial charge on any atom is -0.389 e. The summed E-state index contributed by atoms with van der Waals surface area (Å²) in [4.78, 5) is 0.260. The molecule has 0 fully saturated rings. The number of unbranched alkanes of at least 4 members (excludes halogenated alkanes) is 7. The van der Waals surface area contributed by atoms with Crippen molar-refractivity contribution < 1.29 is 13.5 Å². The first kappa shape index (κ1) is 19.9. The largest absolute Gasteiger partial charge is 0.389 e. The molecule has 0 aliphatic heterocycles. The fourth-order valence-corrected chi connectivity index (χ4v) is 3.55. The Labute approximate surface area is 141 Å². The van der Waals surface area contributed by atoms with Gasteiger partial charge in [0.05, 0.1) is 11.0 Å². The normalized spacial score (nSPS) is 13.5. The Morgan fingerprint density at radius 3 is 2.13 bits per heavy atom. The molecule has 4 heteroatoms. The molecule has 130 valence electrons. The first-order valence-corrected chi connectivity index (χ1v) is 10.3. The highest BCUT2D eigenvalue weighted by Crippen LogP contribution is 2.14. The van der Waals surface area contributed by atoms with Crippen LogP contribution < -0.4 is 0 Å². The van der Waals surface area contributed by atoms with Crippen molar-refractivity contribution in [2.24, 2.45) is 0 Å². The molecule has 0 radical (unpaired) electrons. The van der Waals surface area contributed by atoms with Crippen molar-refractivity contribution in [3.05, 3.63) is 41.8 Å². The van der Waals surface area contributed by atoms with Crippen molar-refractivity contribution in [2.75, 3.05) is 0 Å². The van der Waals surface area contributed by atoms with Crippen molar-refractivity contribution in [3.63, 3.8) is 0 Å². The third kappa shape index (κ3) is 8.92. The Morgan fingerprint density at radius 1 is 0.957 bits per heavy atom. The maximum Gasteiger partial charge on any atom is 0.199 e. The lowest BCUT2D eigenvalue weighted by Gasteiger charge is -2.06. The van der Waals surface area contributed by atoms with E-state index in [1.54, 1.807) is 30.3 Å². The highest BCUT2D eigenvalue weighted by Gasteiger charge is 2.10. The topological polar surface area (TPSA) is 54.4 Å². The van der Waals surface area contributed by atoms with Gasteiger partial charge in [0.25, 0.3) is 0 Å². The smallest absolute Gasteiger partial charge is 0.199 e. The average Bonchev–Trinajstić information content (AvgIpc) is 2.56. The molecule has 0 saturated heterocycles. The molecule has 1 atom stereocenters. The van der Waals surface area contributed by atoms with Crippen LogP contribution in [0.5, 0.6) is 0 Å². The van der Waals surface area contributed by atoms with Crippen LogP contribution in [0.25, 0.3) is 0 Å². The molecule has 0 aromatic heterocycles. The van der Waals surface area contributed by atoms with Crippen LogP contribution in [-0.2, 0) is 9.84 Å². The van der Waals surface area contributed by atoms with Crippen LogP contribution in [0.1, 0.15) is 64.7 Å².